The van der Waals surface area contributed by atoms with Gasteiger partial charge in [0.25, 0.3) is 5.91 Å². The maximum atomic E-state index is 12.4. The van der Waals surface area contributed by atoms with Gasteiger partial charge in [-0.2, -0.15) is 0 Å². The van der Waals surface area contributed by atoms with Crippen LogP contribution in [0.1, 0.15) is 36.5 Å². The summed E-state index contributed by atoms with van der Waals surface area (Å²) in [4.78, 5) is 12.4. The molecule has 0 fully saturated rings. The third-order valence-electron chi connectivity index (χ3n) is 4.36. The second kappa shape index (κ2) is 9.85. The average Bonchev–Trinajstić information content (AvgIpc) is 2.65. The van der Waals surface area contributed by atoms with E-state index in [0.717, 1.165) is 29.9 Å². The number of amides is 1. The van der Waals surface area contributed by atoms with Gasteiger partial charge in [-0.3, -0.25) is 4.79 Å². The minimum atomic E-state index is -0.461. The molecule has 1 unspecified atom stereocenters. The number of hydrogen-bond acceptors (Lipinski definition) is 3. The van der Waals surface area contributed by atoms with Gasteiger partial charge in [0.2, 0.25) is 0 Å². The van der Waals surface area contributed by atoms with Crippen molar-refractivity contribution < 1.29 is 14.3 Å². The average molecular weight is 355 g/mol. The summed E-state index contributed by atoms with van der Waals surface area (Å²) < 4.78 is 11.1. The van der Waals surface area contributed by atoms with Crippen LogP contribution in [-0.2, 0) is 11.2 Å². The maximum Gasteiger partial charge on any atom is 0.261 e. The molecule has 0 aliphatic rings. The first-order chi connectivity index (χ1) is 12.5. The molecule has 4 nitrogen and oxygen atoms in total. The van der Waals surface area contributed by atoms with Gasteiger partial charge < -0.3 is 14.8 Å². The Kier molecular flexibility index (Phi) is 7.52. The molecule has 4 heteroatoms. The van der Waals surface area contributed by atoms with Gasteiger partial charge in [-0.05, 0) is 62.4 Å². The number of ether oxygens (including phenoxy) is 2. The zero-order chi connectivity index (χ0) is 18.9. The van der Waals surface area contributed by atoms with Crippen molar-refractivity contribution >= 4 is 5.91 Å². The number of aryl methyl sites for hydroxylation is 3. The Morgan fingerprint density at radius 1 is 1.12 bits per heavy atom. The van der Waals surface area contributed by atoms with Gasteiger partial charge in [-0.15, -0.1) is 0 Å². The number of carbonyl (C=O) groups is 1. The fourth-order valence-corrected chi connectivity index (χ4v) is 2.82. The number of methoxy groups -OCH3 is 1. The minimum absolute atomic E-state index is 0.0535. The fourth-order valence-electron chi connectivity index (χ4n) is 2.82. The van der Waals surface area contributed by atoms with Gasteiger partial charge in [-0.25, -0.2) is 0 Å². The van der Waals surface area contributed by atoms with Crippen LogP contribution in [0.3, 0.4) is 0 Å². The first-order valence-electron chi connectivity index (χ1n) is 9.18. The van der Waals surface area contributed by atoms with Crippen molar-refractivity contribution in [3.8, 4) is 11.5 Å². The molecular weight excluding hydrogens is 326 g/mol. The second-order valence-corrected chi connectivity index (χ2v) is 6.53. The molecule has 0 aliphatic carbocycles. The predicted octanol–water partition coefficient (Wildman–Crippen LogP) is 4.22. The molecule has 0 aromatic heterocycles. The summed E-state index contributed by atoms with van der Waals surface area (Å²) in [5.74, 6) is 1.58. The van der Waals surface area contributed by atoms with Gasteiger partial charge in [0.15, 0.2) is 6.10 Å². The number of hydrogen-bond donors (Lipinski definition) is 1. The molecular formula is C22H29NO3. The zero-order valence-corrected chi connectivity index (χ0v) is 16.2. The van der Waals surface area contributed by atoms with Crippen molar-refractivity contribution in [2.24, 2.45) is 0 Å². The van der Waals surface area contributed by atoms with Crippen LogP contribution in [0.25, 0.3) is 0 Å². The van der Waals surface area contributed by atoms with Crippen LogP contribution in [0, 0.1) is 13.8 Å². The van der Waals surface area contributed by atoms with E-state index in [1.807, 2.05) is 45.0 Å². The lowest BCUT2D eigenvalue weighted by molar-refractivity contribution is -0.128. The van der Waals surface area contributed by atoms with Crippen molar-refractivity contribution in [3.63, 3.8) is 0 Å². The normalized spacial score (nSPS) is 11.7. The van der Waals surface area contributed by atoms with Crippen molar-refractivity contribution in [2.45, 2.75) is 46.1 Å². The number of rotatable bonds is 9. The Bertz CT molecular complexity index is 710. The predicted molar refractivity (Wildman–Crippen MR) is 105 cm³/mol. The van der Waals surface area contributed by atoms with E-state index in [2.05, 4.69) is 23.5 Å². The SMILES string of the molecule is CCC(Oc1ccc(C)cc1C)C(=O)NCCCc1ccc(OC)cc1. The highest BCUT2D eigenvalue weighted by Gasteiger charge is 2.18. The Morgan fingerprint density at radius 2 is 1.85 bits per heavy atom. The second-order valence-electron chi connectivity index (χ2n) is 6.53. The first kappa shape index (κ1) is 19.8. The van der Waals surface area contributed by atoms with E-state index in [-0.39, 0.29) is 5.91 Å². The van der Waals surface area contributed by atoms with Crippen molar-refractivity contribution in [1.82, 2.24) is 5.32 Å². The standard InChI is InChI=1S/C22H29NO3/c1-5-20(26-21-13-8-16(2)15-17(21)3)22(24)23-14-6-7-18-9-11-19(25-4)12-10-18/h8-13,15,20H,5-7,14H2,1-4H3,(H,23,24). The van der Waals surface area contributed by atoms with Crippen molar-refractivity contribution in [3.05, 3.63) is 59.2 Å². The lowest BCUT2D eigenvalue weighted by Gasteiger charge is -2.19. The van der Waals surface area contributed by atoms with Gasteiger partial charge in [0.05, 0.1) is 7.11 Å². The molecule has 2 aromatic rings. The van der Waals surface area contributed by atoms with E-state index >= 15 is 0 Å². The Hall–Kier alpha value is -2.49. The van der Waals surface area contributed by atoms with Crippen LogP contribution in [0.4, 0.5) is 0 Å². The number of benzene rings is 2. The molecule has 0 spiro atoms. The van der Waals surface area contributed by atoms with E-state index < -0.39 is 6.10 Å². The maximum absolute atomic E-state index is 12.4. The number of nitrogens with one attached hydrogen (secondary N) is 1. The summed E-state index contributed by atoms with van der Waals surface area (Å²) in [6, 6.07) is 14.0. The van der Waals surface area contributed by atoms with E-state index in [4.69, 9.17) is 9.47 Å². The summed E-state index contributed by atoms with van der Waals surface area (Å²) in [6.45, 7) is 6.65. The Morgan fingerprint density at radius 3 is 2.46 bits per heavy atom. The smallest absolute Gasteiger partial charge is 0.261 e. The third-order valence-corrected chi connectivity index (χ3v) is 4.36. The third kappa shape index (κ3) is 5.80. The molecule has 2 rings (SSSR count). The van der Waals surface area contributed by atoms with Crippen LogP contribution in [0.5, 0.6) is 11.5 Å². The number of carbonyl (C=O) groups excluding carboxylic acids is 1. The Labute approximate surface area is 156 Å². The van der Waals surface area contributed by atoms with Crippen LogP contribution in [0.15, 0.2) is 42.5 Å². The van der Waals surface area contributed by atoms with Crippen molar-refractivity contribution in [2.75, 3.05) is 13.7 Å². The summed E-state index contributed by atoms with van der Waals surface area (Å²) in [5.41, 5.74) is 3.47. The molecule has 26 heavy (non-hydrogen) atoms. The van der Waals surface area contributed by atoms with Crippen LogP contribution >= 0.6 is 0 Å². The van der Waals surface area contributed by atoms with Gasteiger partial charge >= 0.3 is 0 Å². The zero-order valence-electron chi connectivity index (χ0n) is 16.2. The summed E-state index contributed by atoms with van der Waals surface area (Å²) >= 11 is 0. The van der Waals surface area contributed by atoms with Gasteiger partial charge in [0, 0.05) is 6.54 Å². The highest BCUT2D eigenvalue weighted by molar-refractivity contribution is 5.81. The first-order valence-corrected chi connectivity index (χ1v) is 9.18. The lowest BCUT2D eigenvalue weighted by atomic mass is 10.1. The molecule has 1 N–H and O–H groups in total. The molecule has 0 saturated carbocycles. The van der Waals surface area contributed by atoms with Crippen LogP contribution in [0.2, 0.25) is 0 Å². The largest absolute Gasteiger partial charge is 0.497 e. The van der Waals surface area contributed by atoms with Crippen LogP contribution < -0.4 is 14.8 Å². The minimum Gasteiger partial charge on any atom is -0.497 e. The summed E-state index contributed by atoms with van der Waals surface area (Å²) in [7, 11) is 1.66. The highest BCUT2D eigenvalue weighted by Crippen LogP contribution is 2.21. The molecule has 1 amide bonds. The molecule has 0 radical (unpaired) electrons. The van der Waals surface area contributed by atoms with E-state index in [1.54, 1.807) is 7.11 Å². The molecule has 2 aromatic carbocycles. The Balaban J connectivity index is 1.79. The summed E-state index contributed by atoms with van der Waals surface area (Å²) in [5, 5.41) is 2.99. The quantitative estimate of drug-likeness (QED) is 0.685. The van der Waals surface area contributed by atoms with Gasteiger partial charge in [0.1, 0.15) is 11.5 Å². The van der Waals surface area contributed by atoms with E-state index in [1.165, 1.54) is 11.1 Å². The highest BCUT2D eigenvalue weighted by atomic mass is 16.5. The fraction of sp³-hybridized carbons (Fsp3) is 0.409. The molecule has 1 atom stereocenters. The van der Waals surface area contributed by atoms with E-state index in [0.29, 0.717) is 13.0 Å². The van der Waals surface area contributed by atoms with Crippen molar-refractivity contribution in [1.29, 1.82) is 0 Å². The molecule has 0 aliphatic heterocycles. The summed E-state index contributed by atoms with van der Waals surface area (Å²) in [6.07, 6.45) is 1.98. The molecule has 0 saturated heterocycles. The monoisotopic (exact) mass is 355 g/mol. The van der Waals surface area contributed by atoms with Gasteiger partial charge in [-0.1, -0.05) is 36.8 Å². The van der Waals surface area contributed by atoms with Crippen LogP contribution in [-0.4, -0.2) is 25.7 Å². The van der Waals surface area contributed by atoms with E-state index in [9.17, 15) is 4.79 Å². The molecule has 0 bridgehead atoms. The molecule has 140 valence electrons. The lowest BCUT2D eigenvalue weighted by Crippen LogP contribution is -2.38. The topological polar surface area (TPSA) is 47.6 Å². The molecule has 0 heterocycles.